The fourth-order valence-electron chi connectivity index (χ4n) is 3.72. The summed E-state index contributed by atoms with van der Waals surface area (Å²) in [5.74, 6) is -1.76. The van der Waals surface area contributed by atoms with Crippen molar-refractivity contribution in [3.05, 3.63) is 68.5 Å². The van der Waals surface area contributed by atoms with Crippen molar-refractivity contribution in [2.75, 3.05) is 12.9 Å². The number of ether oxygens (including phenoxy) is 3. The lowest BCUT2D eigenvalue weighted by molar-refractivity contribution is -0.158. The highest BCUT2D eigenvalue weighted by molar-refractivity contribution is 7.86. The maximum absolute atomic E-state index is 12.6. The van der Waals surface area contributed by atoms with Gasteiger partial charge in [-0.25, -0.2) is 13.8 Å². The average molecular weight is 522 g/mol. The first-order chi connectivity index (χ1) is 16.9. The summed E-state index contributed by atoms with van der Waals surface area (Å²) < 4.78 is 46.5. The zero-order chi connectivity index (χ0) is 26.7. The number of carbonyl (C=O) groups is 2. The standard InChI is InChI=1S/C22H23N3O10S/c1-4-14-10-25(21(29)24-18(14)27)19-17(33-13(2)26)22(12-23,35-36(3,30)31)16(34-19)11-32-20(28)15-8-6-5-7-9-15/h5-10,16-17,19H,4,11H2,1-3H3,(H,24,27,29)/t16-,17+,19-,22-/m1/s1. The number of H-pyrrole nitrogens is 1. The Morgan fingerprint density at radius 3 is 2.47 bits per heavy atom. The minimum absolute atomic E-state index is 0.158. The van der Waals surface area contributed by atoms with Crippen molar-refractivity contribution in [1.29, 1.82) is 5.26 Å². The summed E-state index contributed by atoms with van der Waals surface area (Å²) in [6, 6.07) is 9.49. The van der Waals surface area contributed by atoms with Crippen LogP contribution in [0.15, 0.2) is 46.1 Å². The van der Waals surface area contributed by atoms with Crippen LogP contribution < -0.4 is 11.2 Å². The zero-order valence-electron chi connectivity index (χ0n) is 19.5. The maximum atomic E-state index is 12.6. The summed E-state index contributed by atoms with van der Waals surface area (Å²) in [6.07, 6.45) is -3.05. The van der Waals surface area contributed by atoms with E-state index in [9.17, 15) is 32.9 Å². The van der Waals surface area contributed by atoms with E-state index in [1.54, 1.807) is 31.2 Å². The molecule has 2 aromatic rings. The van der Waals surface area contributed by atoms with E-state index in [0.717, 1.165) is 17.7 Å². The number of aromatic amines is 1. The second kappa shape index (κ2) is 10.4. The molecule has 14 heteroatoms. The minimum atomic E-state index is -4.39. The predicted octanol–water partition coefficient (Wildman–Crippen LogP) is 0.0237. The number of nitrogens with one attached hydrogen (secondary N) is 1. The van der Waals surface area contributed by atoms with Gasteiger partial charge in [-0.2, -0.15) is 13.7 Å². The molecular weight excluding hydrogens is 498 g/mol. The number of hydrogen-bond acceptors (Lipinski definition) is 11. The first kappa shape index (κ1) is 26.8. The number of nitrogens with zero attached hydrogens (tertiary/aromatic N) is 2. The van der Waals surface area contributed by atoms with Crippen molar-refractivity contribution in [3.63, 3.8) is 0 Å². The molecule has 36 heavy (non-hydrogen) atoms. The van der Waals surface area contributed by atoms with Gasteiger partial charge in [0.2, 0.25) is 5.60 Å². The van der Waals surface area contributed by atoms with Crippen molar-refractivity contribution in [2.24, 2.45) is 0 Å². The van der Waals surface area contributed by atoms with E-state index >= 15 is 0 Å². The van der Waals surface area contributed by atoms with Crippen LogP contribution in [-0.2, 0) is 39.7 Å². The Bertz CT molecular complexity index is 1410. The van der Waals surface area contributed by atoms with E-state index in [-0.39, 0.29) is 17.5 Å². The molecule has 4 atom stereocenters. The SMILES string of the molecule is CCc1cn([C@@H]2O[C@H](COC(=O)c3ccccc3)[C@@](C#N)(OS(C)(=O)=O)[C@H]2OC(C)=O)c(=O)[nH]c1=O. The molecule has 0 amide bonds. The third kappa shape index (κ3) is 5.54. The Morgan fingerprint density at radius 1 is 1.25 bits per heavy atom. The summed E-state index contributed by atoms with van der Waals surface area (Å²) >= 11 is 0. The number of rotatable bonds is 8. The van der Waals surface area contributed by atoms with Gasteiger partial charge in [-0.3, -0.25) is 19.1 Å². The molecule has 0 saturated carbocycles. The van der Waals surface area contributed by atoms with Crippen molar-refractivity contribution < 1.29 is 36.4 Å². The second-order valence-electron chi connectivity index (χ2n) is 7.88. The molecule has 0 bridgehead atoms. The molecular formula is C22H23N3O10S. The molecule has 0 aliphatic carbocycles. The smallest absolute Gasteiger partial charge is 0.338 e. The van der Waals surface area contributed by atoms with Crippen LogP contribution in [0.3, 0.4) is 0 Å². The van der Waals surface area contributed by atoms with Crippen LogP contribution >= 0.6 is 0 Å². The Balaban J connectivity index is 2.11. The number of esters is 2. The summed E-state index contributed by atoms with van der Waals surface area (Å²) in [7, 11) is -4.39. The van der Waals surface area contributed by atoms with Crippen LogP contribution in [0.25, 0.3) is 0 Å². The summed E-state index contributed by atoms with van der Waals surface area (Å²) in [6.45, 7) is 1.94. The fourth-order valence-corrected chi connectivity index (χ4v) is 4.46. The quantitative estimate of drug-likeness (QED) is 0.365. The van der Waals surface area contributed by atoms with Gasteiger partial charge in [-0.1, -0.05) is 25.1 Å². The lowest BCUT2D eigenvalue weighted by atomic mass is 9.93. The van der Waals surface area contributed by atoms with Crippen LogP contribution in [0.4, 0.5) is 0 Å². The van der Waals surface area contributed by atoms with Crippen molar-refractivity contribution >= 4 is 22.1 Å². The molecule has 1 saturated heterocycles. The number of benzene rings is 1. The molecule has 1 aromatic carbocycles. The number of aromatic nitrogens is 2. The Kier molecular flexibility index (Phi) is 7.77. The van der Waals surface area contributed by atoms with Crippen molar-refractivity contribution in [2.45, 2.75) is 44.3 Å². The van der Waals surface area contributed by atoms with Crippen LogP contribution in [0.1, 0.15) is 36.0 Å². The molecule has 13 nitrogen and oxygen atoms in total. The molecule has 0 unspecified atom stereocenters. The van der Waals surface area contributed by atoms with Crippen molar-refractivity contribution in [1.82, 2.24) is 9.55 Å². The summed E-state index contributed by atoms with van der Waals surface area (Å²) in [5.41, 5.74) is -3.87. The van der Waals surface area contributed by atoms with Gasteiger partial charge < -0.3 is 14.2 Å². The second-order valence-corrected chi connectivity index (χ2v) is 9.45. The molecule has 1 aromatic heterocycles. The van der Waals surface area contributed by atoms with E-state index in [0.29, 0.717) is 6.26 Å². The highest BCUT2D eigenvalue weighted by Crippen LogP contribution is 2.42. The Hall–Kier alpha value is -3.80. The van der Waals surface area contributed by atoms with Gasteiger partial charge in [0, 0.05) is 18.7 Å². The van der Waals surface area contributed by atoms with Gasteiger partial charge in [-0.05, 0) is 18.6 Å². The Labute approximate surface area is 205 Å². The predicted molar refractivity (Wildman–Crippen MR) is 121 cm³/mol. The number of aryl methyl sites for hydroxylation is 1. The first-order valence-corrected chi connectivity index (χ1v) is 12.4. The van der Waals surface area contributed by atoms with E-state index < -0.39 is 63.9 Å². The number of hydrogen-bond donors (Lipinski definition) is 1. The topological polar surface area (TPSA) is 184 Å². The molecule has 0 spiro atoms. The van der Waals surface area contributed by atoms with Gasteiger partial charge in [0.05, 0.1) is 11.8 Å². The first-order valence-electron chi connectivity index (χ1n) is 10.6. The molecule has 3 rings (SSSR count). The van der Waals surface area contributed by atoms with Gasteiger partial charge >= 0.3 is 17.6 Å². The molecule has 1 N–H and O–H groups in total. The third-order valence-electron chi connectivity index (χ3n) is 5.29. The van der Waals surface area contributed by atoms with Crippen molar-refractivity contribution in [3.8, 4) is 6.07 Å². The maximum Gasteiger partial charge on any atom is 0.338 e. The molecule has 2 heterocycles. The third-order valence-corrected chi connectivity index (χ3v) is 5.87. The van der Waals surface area contributed by atoms with Gasteiger partial charge in [0.1, 0.15) is 18.8 Å². The molecule has 1 fully saturated rings. The molecule has 192 valence electrons. The van der Waals surface area contributed by atoms with E-state index in [2.05, 4.69) is 4.98 Å². The monoisotopic (exact) mass is 521 g/mol. The van der Waals surface area contributed by atoms with E-state index in [4.69, 9.17) is 18.4 Å². The fraction of sp³-hybridized carbons (Fsp3) is 0.409. The van der Waals surface area contributed by atoms with E-state index in [1.165, 1.54) is 12.1 Å². The normalized spacial score (nSPS) is 23.6. The van der Waals surface area contributed by atoms with E-state index in [1.807, 2.05) is 0 Å². The largest absolute Gasteiger partial charge is 0.459 e. The summed E-state index contributed by atoms with van der Waals surface area (Å²) in [4.78, 5) is 51.2. The summed E-state index contributed by atoms with van der Waals surface area (Å²) in [5, 5.41) is 10.1. The van der Waals surface area contributed by atoms with Crippen LogP contribution in [0.5, 0.6) is 0 Å². The molecule has 0 radical (unpaired) electrons. The lowest BCUT2D eigenvalue weighted by Crippen LogP contribution is -2.53. The highest BCUT2D eigenvalue weighted by Gasteiger charge is 2.64. The molecule has 1 aliphatic heterocycles. The Morgan fingerprint density at radius 2 is 1.92 bits per heavy atom. The van der Waals surface area contributed by atoms with Gasteiger partial charge in [0.25, 0.3) is 15.7 Å². The molecule has 1 aliphatic rings. The zero-order valence-corrected chi connectivity index (χ0v) is 20.3. The highest BCUT2D eigenvalue weighted by atomic mass is 32.2. The van der Waals surface area contributed by atoms with Gasteiger partial charge in [-0.15, -0.1) is 0 Å². The van der Waals surface area contributed by atoms with Gasteiger partial charge in [0.15, 0.2) is 12.3 Å². The van der Waals surface area contributed by atoms with Crippen LogP contribution in [0, 0.1) is 11.3 Å². The number of carbonyl (C=O) groups excluding carboxylic acids is 2. The lowest BCUT2D eigenvalue weighted by Gasteiger charge is -2.30. The average Bonchev–Trinajstić information content (AvgIpc) is 3.09. The minimum Gasteiger partial charge on any atom is -0.459 e. The number of nitriles is 1. The van der Waals surface area contributed by atoms with Crippen LogP contribution in [-0.4, -0.2) is 60.6 Å². The van der Waals surface area contributed by atoms with Crippen LogP contribution in [0.2, 0.25) is 0 Å².